The first-order valence-electron chi connectivity index (χ1n) is 26.2. The van der Waals surface area contributed by atoms with Crippen molar-refractivity contribution >= 4 is 23.9 Å². The van der Waals surface area contributed by atoms with Crippen LogP contribution in [0.15, 0.2) is 97.2 Å². The number of esters is 3. The fraction of sp³-hybridized carbons (Fsp3) is 0.649. The second-order valence-corrected chi connectivity index (χ2v) is 17.4. The number of allylic oxidation sites excluding steroid dienone is 16. The minimum Gasteiger partial charge on any atom is -0.479 e. The number of hydrogen-bond acceptors (Lipinski definition) is 11. The summed E-state index contributed by atoms with van der Waals surface area (Å²) in [5.74, 6) is -3.25. The van der Waals surface area contributed by atoms with Crippen LogP contribution >= 0.6 is 0 Å². The van der Waals surface area contributed by atoms with Gasteiger partial charge in [0.25, 0.3) is 0 Å². The van der Waals surface area contributed by atoms with Gasteiger partial charge in [-0.25, -0.2) is 4.79 Å². The molecule has 1 rings (SSSR count). The topological polar surface area (TPSA) is 175 Å². The van der Waals surface area contributed by atoms with Crippen LogP contribution < -0.4 is 0 Å². The number of unbranched alkanes of at least 4 members (excludes halogenated alkanes) is 12. The van der Waals surface area contributed by atoms with E-state index in [4.69, 9.17) is 23.7 Å². The Balaban J connectivity index is 2.77. The average molecular weight is 967 g/mol. The molecule has 1 aliphatic rings. The maximum absolute atomic E-state index is 13.0. The number of carbonyl (C=O) groups excluding carboxylic acids is 3. The van der Waals surface area contributed by atoms with Gasteiger partial charge in [0.1, 0.15) is 18.8 Å². The van der Waals surface area contributed by atoms with Crippen molar-refractivity contribution in [1.82, 2.24) is 0 Å². The second kappa shape index (κ2) is 44.8. The Hall–Kier alpha value is -4.36. The standard InChI is InChI=1S/C57H90O12/c1-4-7-10-13-16-19-21-23-25-27-29-32-34-37-40-43-49(58)65-46-48(67-50(59)44-41-38-35-31-18-15-12-9-6-3)47-66-57-55(53(62)52(61)54(69-57)56(63)64)68-51(60)45-42-39-36-33-30-28-26-24-22-20-17-14-11-8-5-2/h7-8,10-11,16-17,19-20,23-26,29-30,32-33,48,52-55,57,61-62H,4-6,9,12-15,18,21-22,27-28,31,34-47H2,1-3H3,(H,63,64)/b10-7-,11-8-,19-16-,20-17-,25-23-,26-24-,32-29-,33-30-. The van der Waals surface area contributed by atoms with Gasteiger partial charge in [0.2, 0.25) is 0 Å². The van der Waals surface area contributed by atoms with Gasteiger partial charge >= 0.3 is 23.9 Å². The third kappa shape index (κ3) is 35.4. The molecule has 0 spiro atoms. The third-order valence-electron chi connectivity index (χ3n) is 11.2. The monoisotopic (exact) mass is 967 g/mol. The van der Waals surface area contributed by atoms with Gasteiger partial charge in [-0.05, 0) is 96.3 Å². The highest BCUT2D eigenvalue weighted by Crippen LogP contribution is 2.26. The Morgan fingerprint density at radius 2 is 0.913 bits per heavy atom. The highest BCUT2D eigenvalue weighted by atomic mass is 16.7. The minimum atomic E-state index is -1.92. The zero-order valence-corrected chi connectivity index (χ0v) is 42.5. The predicted octanol–water partition coefficient (Wildman–Crippen LogP) is 12.6. The first-order chi connectivity index (χ1) is 33.6. The normalized spacial score (nSPS) is 19.5. The zero-order chi connectivity index (χ0) is 50.4. The number of aliphatic hydroxyl groups excluding tert-OH is 2. The molecule has 12 nitrogen and oxygen atoms in total. The highest BCUT2D eigenvalue weighted by Gasteiger charge is 2.50. The van der Waals surface area contributed by atoms with E-state index in [9.17, 15) is 34.5 Å². The van der Waals surface area contributed by atoms with Crippen LogP contribution in [0.1, 0.15) is 188 Å². The lowest BCUT2D eigenvalue weighted by molar-refractivity contribution is -0.301. The molecule has 0 aliphatic carbocycles. The molecule has 1 aliphatic heterocycles. The van der Waals surface area contributed by atoms with Crippen molar-refractivity contribution in [3.63, 3.8) is 0 Å². The van der Waals surface area contributed by atoms with Crippen LogP contribution in [0, 0.1) is 0 Å². The fourth-order valence-corrected chi connectivity index (χ4v) is 7.17. The molecule has 69 heavy (non-hydrogen) atoms. The number of carboxylic acids is 1. The van der Waals surface area contributed by atoms with Gasteiger partial charge < -0.3 is 39.0 Å². The van der Waals surface area contributed by atoms with Crippen LogP contribution in [0.25, 0.3) is 0 Å². The number of rotatable bonds is 42. The molecule has 0 aromatic heterocycles. The summed E-state index contributed by atoms with van der Waals surface area (Å²) in [7, 11) is 0. The van der Waals surface area contributed by atoms with Gasteiger partial charge in [0.05, 0.1) is 6.61 Å². The van der Waals surface area contributed by atoms with E-state index in [0.29, 0.717) is 25.7 Å². The zero-order valence-electron chi connectivity index (χ0n) is 42.5. The number of ether oxygens (including phenoxy) is 5. The highest BCUT2D eigenvalue weighted by molar-refractivity contribution is 5.74. The quantitative estimate of drug-likeness (QED) is 0.0229. The molecule has 390 valence electrons. The van der Waals surface area contributed by atoms with E-state index in [1.807, 2.05) is 0 Å². The molecule has 3 N–H and O–H groups in total. The summed E-state index contributed by atoms with van der Waals surface area (Å²) in [6.45, 7) is 5.64. The molecule has 0 aromatic rings. The second-order valence-electron chi connectivity index (χ2n) is 17.4. The van der Waals surface area contributed by atoms with Crippen molar-refractivity contribution in [3.8, 4) is 0 Å². The summed E-state index contributed by atoms with van der Waals surface area (Å²) >= 11 is 0. The molecule has 0 bridgehead atoms. The third-order valence-corrected chi connectivity index (χ3v) is 11.2. The van der Waals surface area contributed by atoms with Crippen molar-refractivity contribution in [3.05, 3.63) is 97.2 Å². The Bertz CT molecular complexity index is 1570. The lowest BCUT2D eigenvalue weighted by Crippen LogP contribution is -2.61. The lowest BCUT2D eigenvalue weighted by atomic mass is 9.98. The maximum atomic E-state index is 13.0. The van der Waals surface area contributed by atoms with E-state index < -0.39 is 67.3 Å². The molecule has 1 heterocycles. The first kappa shape index (κ1) is 62.7. The van der Waals surface area contributed by atoms with Crippen molar-refractivity contribution in [2.75, 3.05) is 13.2 Å². The van der Waals surface area contributed by atoms with Crippen LogP contribution in [0.5, 0.6) is 0 Å². The molecule has 6 unspecified atom stereocenters. The smallest absolute Gasteiger partial charge is 0.335 e. The SMILES string of the molecule is CC/C=C\C/C=C\C/C=C\C/C=C\CCCCC(=O)OCC(COC1OC(C(=O)O)C(O)C(O)C1OC(=O)CCCC/C=C\C/C=C\C/C=C\C/C=C\CC)OC(=O)CCCCCCCCCCC. The molecule has 1 fully saturated rings. The Morgan fingerprint density at radius 3 is 1.39 bits per heavy atom. The lowest BCUT2D eigenvalue weighted by Gasteiger charge is -2.40. The van der Waals surface area contributed by atoms with Gasteiger partial charge in [-0.3, -0.25) is 14.4 Å². The Labute approximate surface area is 415 Å². The van der Waals surface area contributed by atoms with Gasteiger partial charge in [-0.2, -0.15) is 0 Å². The van der Waals surface area contributed by atoms with E-state index in [0.717, 1.165) is 89.9 Å². The summed E-state index contributed by atoms with van der Waals surface area (Å²) in [6, 6.07) is 0. The average Bonchev–Trinajstić information content (AvgIpc) is 3.33. The van der Waals surface area contributed by atoms with Crippen molar-refractivity contribution in [1.29, 1.82) is 0 Å². The Kier molecular flexibility index (Phi) is 40.7. The molecule has 12 heteroatoms. The van der Waals surface area contributed by atoms with Crippen molar-refractivity contribution < 1.29 is 58.2 Å². The van der Waals surface area contributed by atoms with E-state index in [-0.39, 0.29) is 25.9 Å². The van der Waals surface area contributed by atoms with Crippen LogP contribution in [0.3, 0.4) is 0 Å². The largest absolute Gasteiger partial charge is 0.479 e. The summed E-state index contributed by atoms with van der Waals surface area (Å²) in [5.41, 5.74) is 0. The molecule has 0 aromatic carbocycles. The molecular weight excluding hydrogens is 877 g/mol. The number of aliphatic carboxylic acids is 1. The van der Waals surface area contributed by atoms with Crippen molar-refractivity contribution in [2.24, 2.45) is 0 Å². The fourth-order valence-electron chi connectivity index (χ4n) is 7.17. The van der Waals surface area contributed by atoms with E-state index in [1.54, 1.807) is 0 Å². The van der Waals surface area contributed by atoms with E-state index in [2.05, 4.69) is 118 Å². The molecular formula is C57H90O12. The molecule has 6 atom stereocenters. The van der Waals surface area contributed by atoms with E-state index >= 15 is 0 Å². The summed E-state index contributed by atoms with van der Waals surface area (Å²) < 4.78 is 28.2. The molecule has 0 radical (unpaired) electrons. The van der Waals surface area contributed by atoms with E-state index in [1.165, 1.54) is 32.1 Å². The first-order valence-corrected chi connectivity index (χ1v) is 26.2. The summed E-state index contributed by atoms with van der Waals surface area (Å²) in [5, 5.41) is 31.3. The molecule has 0 amide bonds. The van der Waals surface area contributed by atoms with Crippen molar-refractivity contribution in [2.45, 2.75) is 225 Å². The Morgan fingerprint density at radius 1 is 0.493 bits per heavy atom. The number of hydrogen-bond donors (Lipinski definition) is 3. The maximum Gasteiger partial charge on any atom is 0.335 e. The summed E-state index contributed by atoms with van der Waals surface area (Å²) in [4.78, 5) is 50.8. The van der Waals surface area contributed by atoms with Gasteiger partial charge in [0, 0.05) is 19.3 Å². The molecule has 1 saturated heterocycles. The number of aliphatic hydroxyl groups is 2. The predicted molar refractivity (Wildman–Crippen MR) is 275 cm³/mol. The van der Waals surface area contributed by atoms with Crippen LogP contribution in [-0.4, -0.2) is 89.2 Å². The molecule has 0 saturated carbocycles. The van der Waals surface area contributed by atoms with Crippen LogP contribution in [0.2, 0.25) is 0 Å². The summed E-state index contributed by atoms with van der Waals surface area (Å²) in [6.07, 6.45) is 45.5. The minimum absolute atomic E-state index is 0.000402. The van der Waals surface area contributed by atoms with Crippen LogP contribution in [0.4, 0.5) is 0 Å². The van der Waals surface area contributed by atoms with Crippen LogP contribution in [-0.2, 0) is 42.9 Å². The number of carbonyl (C=O) groups is 4. The van der Waals surface area contributed by atoms with Gasteiger partial charge in [0.15, 0.2) is 24.6 Å². The van der Waals surface area contributed by atoms with Gasteiger partial charge in [-0.15, -0.1) is 0 Å². The van der Waals surface area contributed by atoms with Gasteiger partial charge in [-0.1, -0.05) is 169 Å². The number of carboxylic acid groups (broad SMARTS) is 1.